The lowest BCUT2D eigenvalue weighted by Gasteiger charge is -2.15. The number of hydrogen-bond acceptors (Lipinski definition) is 3. The van der Waals surface area contributed by atoms with E-state index in [1.54, 1.807) is 0 Å². The number of carboxylic acid groups (broad SMARTS) is 1. The minimum atomic E-state index is -1.09. The van der Waals surface area contributed by atoms with Crippen LogP contribution in [0.2, 0.25) is 0 Å². The number of benzene rings is 2. The van der Waals surface area contributed by atoms with Crippen LogP contribution in [0.15, 0.2) is 48.5 Å². The Morgan fingerprint density at radius 1 is 1.13 bits per heavy atom. The highest BCUT2D eigenvalue weighted by atomic mass is 16.4. The zero-order valence-corrected chi connectivity index (χ0v) is 12.6. The van der Waals surface area contributed by atoms with Crippen LogP contribution in [0, 0.1) is 18.3 Å². The molecule has 0 unspecified atom stereocenters. The summed E-state index contributed by atoms with van der Waals surface area (Å²) < 4.78 is 0. The van der Waals surface area contributed by atoms with E-state index in [0.717, 1.165) is 11.1 Å². The van der Waals surface area contributed by atoms with Crippen LogP contribution in [0.4, 0.5) is 0 Å². The molecule has 0 radical (unpaired) electrons. The number of nitriles is 1. The van der Waals surface area contributed by atoms with Gasteiger partial charge in [-0.3, -0.25) is 4.79 Å². The second-order valence-corrected chi connectivity index (χ2v) is 5.24. The van der Waals surface area contributed by atoms with Gasteiger partial charge in [0.2, 0.25) is 0 Å². The van der Waals surface area contributed by atoms with Crippen LogP contribution in [-0.2, 0) is 11.2 Å². The SMILES string of the molecule is Cc1ccc(C[C@H](NC(=O)c2ccc(C#N)cc2)C(=O)O)cc1. The fourth-order valence-corrected chi connectivity index (χ4v) is 2.10. The first-order valence-corrected chi connectivity index (χ1v) is 7.09. The van der Waals surface area contributed by atoms with E-state index in [-0.39, 0.29) is 6.42 Å². The smallest absolute Gasteiger partial charge is 0.326 e. The van der Waals surface area contributed by atoms with Crippen molar-refractivity contribution in [3.8, 4) is 6.07 Å². The van der Waals surface area contributed by atoms with Crippen molar-refractivity contribution in [1.29, 1.82) is 5.26 Å². The predicted octanol–water partition coefficient (Wildman–Crippen LogP) is 2.29. The third-order valence-corrected chi connectivity index (χ3v) is 3.44. The summed E-state index contributed by atoms with van der Waals surface area (Å²) in [6.07, 6.45) is 0.206. The molecular formula is C18H16N2O3. The van der Waals surface area contributed by atoms with E-state index in [9.17, 15) is 14.7 Å². The second kappa shape index (κ2) is 7.23. The molecule has 0 bridgehead atoms. The first kappa shape index (κ1) is 16.2. The molecule has 2 aromatic rings. The summed E-state index contributed by atoms with van der Waals surface area (Å²) in [7, 11) is 0. The van der Waals surface area contributed by atoms with Crippen molar-refractivity contribution in [2.75, 3.05) is 0 Å². The molecule has 0 aromatic heterocycles. The van der Waals surface area contributed by atoms with Gasteiger partial charge in [-0.2, -0.15) is 5.26 Å². The van der Waals surface area contributed by atoms with E-state index in [1.165, 1.54) is 24.3 Å². The molecule has 1 amide bonds. The van der Waals surface area contributed by atoms with Gasteiger partial charge in [0.15, 0.2) is 0 Å². The van der Waals surface area contributed by atoms with E-state index < -0.39 is 17.9 Å². The fourth-order valence-electron chi connectivity index (χ4n) is 2.10. The Hall–Kier alpha value is -3.13. The summed E-state index contributed by atoms with van der Waals surface area (Å²) in [6, 6.07) is 14.5. The van der Waals surface area contributed by atoms with E-state index >= 15 is 0 Å². The second-order valence-electron chi connectivity index (χ2n) is 5.24. The van der Waals surface area contributed by atoms with Gasteiger partial charge in [-0.15, -0.1) is 0 Å². The molecule has 116 valence electrons. The van der Waals surface area contributed by atoms with Crippen LogP contribution in [0.25, 0.3) is 0 Å². The largest absolute Gasteiger partial charge is 0.480 e. The van der Waals surface area contributed by atoms with Crippen LogP contribution in [0.1, 0.15) is 27.0 Å². The lowest BCUT2D eigenvalue weighted by molar-refractivity contribution is -0.139. The lowest BCUT2D eigenvalue weighted by Crippen LogP contribution is -2.42. The molecule has 2 N–H and O–H groups in total. The number of amides is 1. The Labute approximate surface area is 134 Å². The minimum absolute atomic E-state index is 0.206. The van der Waals surface area contributed by atoms with Crippen LogP contribution in [0.5, 0.6) is 0 Å². The molecule has 2 rings (SSSR count). The van der Waals surface area contributed by atoms with Crippen LogP contribution in [0.3, 0.4) is 0 Å². The molecule has 0 spiro atoms. The summed E-state index contributed by atoms with van der Waals surface area (Å²) in [4.78, 5) is 23.5. The van der Waals surface area contributed by atoms with Crippen molar-refractivity contribution >= 4 is 11.9 Å². The van der Waals surface area contributed by atoms with Gasteiger partial charge in [0.1, 0.15) is 6.04 Å². The van der Waals surface area contributed by atoms with Crippen molar-refractivity contribution in [2.24, 2.45) is 0 Å². The molecular weight excluding hydrogens is 292 g/mol. The minimum Gasteiger partial charge on any atom is -0.480 e. The Kier molecular flexibility index (Phi) is 5.11. The Balaban J connectivity index is 2.09. The summed E-state index contributed by atoms with van der Waals surface area (Å²) in [5.74, 6) is -1.57. The summed E-state index contributed by atoms with van der Waals surface area (Å²) in [5, 5.41) is 20.6. The average Bonchev–Trinajstić information content (AvgIpc) is 2.56. The first-order chi connectivity index (χ1) is 11.0. The van der Waals surface area contributed by atoms with Crippen LogP contribution < -0.4 is 5.32 Å². The van der Waals surface area contributed by atoms with Crippen LogP contribution in [-0.4, -0.2) is 23.0 Å². The highest BCUT2D eigenvalue weighted by molar-refractivity contribution is 5.96. The molecule has 0 saturated carbocycles. The highest BCUT2D eigenvalue weighted by Crippen LogP contribution is 2.08. The molecule has 2 aromatic carbocycles. The predicted molar refractivity (Wildman–Crippen MR) is 84.9 cm³/mol. The summed E-state index contributed by atoms with van der Waals surface area (Å²) >= 11 is 0. The maximum Gasteiger partial charge on any atom is 0.326 e. The molecule has 0 aliphatic carbocycles. The van der Waals surface area contributed by atoms with Crippen LogP contribution >= 0.6 is 0 Å². The Morgan fingerprint density at radius 2 is 1.74 bits per heavy atom. The topological polar surface area (TPSA) is 90.2 Å². The van der Waals surface area contributed by atoms with Gasteiger partial charge in [0.25, 0.3) is 5.91 Å². The third kappa shape index (κ3) is 4.42. The molecule has 0 aliphatic rings. The van der Waals surface area contributed by atoms with Crippen molar-refractivity contribution in [3.05, 3.63) is 70.8 Å². The van der Waals surface area contributed by atoms with Gasteiger partial charge in [0, 0.05) is 12.0 Å². The number of carbonyl (C=O) groups excluding carboxylic acids is 1. The molecule has 23 heavy (non-hydrogen) atoms. The van der Waals surface area contributed by atoms with E-state index in [4.69, 9.17) is 5.26 Å². The normalized spacial score (nSPS) is 11.3. The molecule has 0 heterocycles. The zero-order valence-electron chi connectivity index (χ0n) is 12.6. The van der Waals surface area contributed by atoms with Crippen molar-refractivity contribution in [1.82, 2.24) is 5.32 Å². The standard InChI is InChI=1S/C18H16N2O3/c1-12-2-4-13(5-3-12)10-16(18(22)23)20-17(21)15-8-6-14(11-19)7-9-15/h2-9,16H,10H2,1H3,(H,20,21)(H,22,23)/t16-/m0/s1. The van der Waals surface area contributed by atoms with Crippen molar-refractivity contribution in [2.45, 2.75) is 19.4 Å². The molecule has 5 heteroatoms. The van der Waals surface area contributed by atoms with E-state index in [1.807, 2.05) is 37.3 Å². The summed E-state index contributed by atoms with van der Waals surface area (Å²) in [5.41, 5.74) is 2.68. The number of nitrogens with zero attached hydrogens (tertiary/aromatic N) is 1. The van der Waals surface area contributed by atoms with Gasteiger partial charge in [0.05, 0.1) is 11.6 Å². The number of carboxylic acids is 1. The third-order valence-electron chi connectivity index (χ3n) is 3.44. The number of carbonyl (C=O) groups is 2. The zero-order chi connectivity index (χ0) is 16.8. The van der Waals surface area contributed by atoms with Crippen molar-refractivity contribution in [3.63, 3.8) is 0 Å². The monoisotopic (exact) mass is 308 g/mol. The summed E-state index contributed by atoms with van der Waals surface area (Å²) in [6.45, 7) is 1.95. The number of aryl methyl sites for hydroxylation is 1. The molecule has 0 fully saturated rings. The number of nitrogens with one attached hydrogen (secondary N) is 1. The fraction of sp³-hybridized carbons (Fsp3) is 0.167. The molecule has 0 saturated heterocycles. The van der Waals surface area contributed by atoms with Gasteiger partial charge < -0.3 is 10.4 Å². The molecule has 5 nitrogen and oxygen atoms in total. The van der Waals surface area contributed by atoms with Gasteiger partial charge in [-0.05, 0) is 36.8 Å². The number of rotatable bonds is 5. The van der Waals surface area contributed by atoms with E-state index in [2.05, 4.69) is 5.32 Å². The maximum absolute atomic E-state index is 12.1. The quantitative estimate of drug-likeness (QED) is 0.886. The van der Waals surface area contributed by atoms with E-state index in [0.29, 0.717) is 11.1 Å². The number of aliphatic carboxylic acids is 1. The Morgan fingerprint density at radius 3 is 2.26 bits per heavy atom. The van der Waals surface area contributed by atoms with Crippen molar-refractivity contribution < 1.29 is 14.7 Å². The Bertz CT molecular complexity index is 743. The maximum atomic E-state index is 12.1. The average molecular weight is 308 g/mol. The van der Waals surface area contributed by atoms with Gasteiger partial charge >= 0.3 is 5.97 Å². The van der Waals surface area contributed by atoms with Gasteiger partial charge in [-0.1, -0.05) is 29.8 Å². The molecule has 0 aliphatic heterocycles. The number of hydrogen-bond donors (Lipinski definition) is 2. The lowest BCUT2D eigenvalue weighted by atomic mass is 10.0. The first-order valence-electron chi connectivity index (χ1n) is 7.09. The van der Waals surface area contributed by atoms with Gasteiger partial charge in [-0.25, -0.2) is 4.79 Å². The highest BCUT2D eigenvalue weighted by Gasteiger charge is 2.21. The molecule has 1 atom stereocenters.